The number of benzene rings is 1. The summed E-state index contributed by atoms with van der Waals surface area (Å²) in [6.07, 6.45) is 9.01. The maximum atomic E-state index is 13.0. The van der Waals surface area contributed by atoms with Gasteiger partial charge in [0.2, 0.25) is 0 Å². The Bertz CT molecular complexity index is 1000. The molecule has 0 saturated heterocycles. The average molecular weight is 386 g/mol. The summed E-state index contributed by atoms with van der Waals surface area (Å²) in [6.45, 7) is -1.29. The first-order chi connectivity index (χ1) is 13.7. The van der Waals surface area contributed by atoms with Gasteiger partial charge in [0, 0.05) is 30.6 Å². The Kier molecular flexibility index (Phi) is 3.89. The van der Waals surface area contributed by atoms with Crippen LogP contribution in [0.25, 0.3) is 11.3 Å². The molecule has 3 aliphatic rings. The molecule has 0 bridgehead atoms. The monoisotopic (exact) mass is 386 g/mol. The lowest BCUT2D eigenvalue weighted by molar-refractivity contribution is -0.0494. The molecule has 28 heavy (non-hydrogen) atoms. The minimum Gasteiger partial charge on any atom is -0.490 e. The van der Waals surface area contributed by atoms with E-state index in [1.54, 1.807) is 18.5 Å². The van der Waals surface area contributed by atoms with E-state index in [4.69, 9.17) is 9.47 Å². The average Bonchev–Trinajstić information content (AvgIpc) is 3.33. The Morgan fingerprint density at radius 2 is 2.21 bits per heavy atom. The number of nitrogens with zero attached hydrogens (tertiary/aromatic N) is 4. The van der Waals surface area contributed by atoms with E-state index in [1.807, 2.05) is 28.4 Å². The van der Waals surface area contributed by atoms with Crippen molar-refractivity contribution in [2.45, 2.75) is 6.61 Å². The quantitative estimate of drug-likeness (QED) is 0.841. The minimum atomic E-state index is -2.95. The molecule has 2 aromatic rings. The molecule has 5 rings (SSSR count). The number of rotatable bonds is 4. The number of anilines is 2. The number of fused-ring (bicyclic) bond motifs is 2. The molecule has 0 unspecified atom stereocenters. The lowest BCUT2D eigenvalue weighted by Gasteiger charge is -2.30. The van der Waals surface area contributed by atoms with Gasteiger partial charge < -0.3 is 14.8 Å². The smallest absolute Gasteiger partial charge is 0.387 e. The van der Waals surface area contributed by atoms with Gasteiger partial charge in [-0.05, 0) is 18.2 Å². The molecule has 144 valence electrons. The van der Waals surface area contributed by atoms with Crippen LogP contribution in [-0.4, -0.2) is 47.7 Å². The normalized spacial score (nSPS) is 17.2. The summed E-state index contributed by atoms with van der Waals surface area (Å²) in [6, 6.07) is 3.21. The Morgan fingerprint density at radius 3 is 3.11 bits per heavy atom. The van der Waals surface area contributed by atoms with Crippen molar-refractivity contribution in [3.63, 3.8) is 0 Å². The van der Waals surface area contributed by atoms with Gasteiger partial charge >= 0.3 is 6.61 Å². The fourth-order valence-electron chi connectivity index (χ4n) is 3.42. The predicted molar refractivity (Wildman–Crippen MR) is 99.5 cm³/mol. The van der Waals surface area contributed by atoms with Crippen LogP contribution in [0.2, 0.25) is 0 Å². The number of H-pyrrole nitrogens is 1. The summed E-state index contributed by atoms with van der Waals surface area (Å²) in [7, 11) is 0. The third-order valence-electron chi connectivity index (χ3n) is 4.60. The summed E-state index contributed by atoms with van der Waals surface area (Å²) in [5.74, 6) is 1.40. The second-order valence-corrected chi connectivity index (χ2v) is 6.24. The fourth-order valence-corrected chi connectivity index (χ4v) is 3.42. The first kappa shape index (κ1) is 16.6. The second-order valence-electron chi connectivity index (χ2n) is 6.24. The van der Waals surface area contributed by atoms with E-state index in [1.165, 1.54) is 6.07 Å². The third kappa shape index (κ3) is 2.73. The summed E-state index contributed by atoms with van der Waals surface area (Å²) in [4.78, 5) is 4.32. The molecule has 0 saturated carbocycles. The van der Waals surface area contributed by atoms with Crippen LogP contribution in [0.15, 0.2) is 47.5 Å². The van der Waals surface area contributed by atoms with Gasteiger partial charge in [0.25, 0.3) is 0 Å². The molecule has 2 N–H and O–H groups in total. The Hall–Kier alpha value is -3.56. The van der Waals surface area contributed by atoms with Crippen LogP contribution < -0.4 is 19.8 Å². The lowest BCUT2D eigenvalue weighted by atomic mass is 10.1. The molecule has 0 radical (unpaired) electrons. The highest BCUT2D eigenvalue weighted by Gasteiger charge is 2.29. The van der Waals surface area contributed by atoms with Crippen LogP contribution >= 0.6 is 0 Å². The van der Waals surface area contributed by atoms with E-state index in [9.17, 15) is 8.78 Å². The molecule has 4 heterocycles. The molecule has 0 fully saturated rings. The van der Waals surface area contributed by atoms with Crippen molar-refractivity contribution >= 4 is 17.6 Å². The third-order valence-corrected chi connectivity index (χ3v) is 4.60. The Balaban J connectivity index is 1.58. The van der Waals surface area contributed by atoms with Gasteiger partial charge in [0.05, 0.1) is 24.1 Å². The second kappa shape index (κ2) is 6.55. The lowest BCUT2D eigenvalue weighted by Crippen LogP contribution is -2.34. The van der Waals surface area contributed by atoms with Gasteiger partial charge in [-0.15, -0.1) is 0 Å². The number of allylic oxidation sites excluding steroid dienone is 1. The van der Waals surface area contributed by atoms with Crippen LogP contribution in [0.4, 0.5) is 20.2 Å². The molecular formula is C18H16F2N6O2. The predicted octanol–water partition coefficient (Wildman–Crippen LogP) is 2.96. The van der Waals surface area contributed by atoms with E-state index >= 15 is 0 Å². The van der Waals surface area contributed by atoms with Crippen molar-refractivity contribution in [3.05, 3.63) is 42.5 Å². The Morgan fingerprint density at radius 1 is 1.29 bits per heavy atom. The summed E-state index contributed by atoms with van der Waals surface area (Å²) in [5, 5.41) is 14.0. The molecule has 8 nitrogen and oxygen atoms in total. The first-order valence-electron chi connectivity index (χ1n) is 8.71. The zero-order chi connectivity index (χ0) is 19.1. The minimum absolute atomic E-state index is 0.0387. The van der Waals surface area contributed by atoms with Gasteiger partial charge in [0.15, 0.2) is 0 Å². The molecule has 0 spiro atoms. The van der Waals surface area contributed by atoms with Crippen molar-refractivity contribution in [1.29, 1.82) is 0 Å². The highest BCUT2D eigenvalue weighted by atomic mass is 19.3. The maximum Gasteiger partial charge on any atom is 0.387 e. The van der Waals surface area contributed by atoms with E-state index in [0.717, 1.165) is 5.82 Å². The summed E-state index contributed by atoms with van der Waals surface area (Å²) in [5.41, 5.74) is 2.30. The van der Waals surface area contributed by atoms with E-state index in [2.05, 4.69) is 20.5 Å². The summed E-state index contributed by atoms with van der Waals surface area (Å²) >= 11 is 0. The molecule has 1 aromatic carbocycles. The van der Waals surface area contributed by atoms with Gasteiger partial charge in [0.1, 0.15) is 29.6 Å². The van der Waals surface area contributed by atoms with Crippen LogP contribution in [-0.2, 0) is 0 Å². The highest BCUT2D eigenvalue weighted by molar-refractivity contribution is 5.83. The Labute approximate surface area is 158 Å². The van der Waals surface area contributed by atoms with Gasteiger partial charge in [-0.2, -0.15) is 13.9 Å². The van der Waals surface area contributed by atoms with Crippen molar-refractivity contribution in [2.24, 2.45) is 4.99 Å². The summed E-state index contributed by atoms with van der Waals surface area (Å²) < 4.78 is 36.6. The van der Waals surface area contributed by atoms with E-state index in [0.29, 0.717) is 48.1 Å². The zero-order valence-electron chi connectivity index (χ0n) is 14.6. The number of ether oxygens (including phenoxy) is 2. The zero-order valence-corrected chi connectivity index (χ0v) is 14.6. The number of hydrazine groups is 1. The molecule has 0 amide bonds. The van der Waals surface area contributed by atoms with Crippen LogP contribution in [0, 0.1) is 0 Å². The number of hydrogen-bond acceptors (Lipinski definition) is 7. The molecule has 1 aromatic heterocycles. The van der Waals surface area contributed by atoms with E-state index in [-0.39, 0.29) is 5.75 Å². The molecular weight excluding hydrogens is 370 g/mol. The first-order valence-corrected chi connectivity index (χ1v) is 8.71. The molecule has 0 aliphatic carbocycles. The maximum absolute atomic E-state index is 13.0. The SMILES string of the molecule is FC(F)Oc1cc2c(cc1-c1[nH]ncc1N1CC=C3N=CC=CN31)OCCN2. The standard InChI is InChI=1S/C18H16F2N6O2/c19-18(20)28-14-9-12-15(27-7-4-21-12)8-11(14)17-13(10-23-24-17)25-6-2-16-22-3-1-5-26(16)25/h1-3,5,8-10,18,21H,4,6-7H2,(H,23,24). The van der Waals surface area contributed by atoms with Crippen molar-refractivity contribution in [1.82, 2.24) is 15.2 Å². The van der Waals surface area contributed by atoms with E-state index < -0.39 is 6.61 Å². The van der Waals surface area contributed by atoms with Gasteiger partial charge in [-0.1, -0.05) is 0 Å². The number of nitrogens with one attached hydrogen (secondary N) is 2. The van der Waals surface area contributed by atoms with Gasteiger partial charge in [-0.3, -0.25) is 10.1 Å². The topological polar surface area (TPSA) is 78.0 Å². The van der Waals surface area contributed by atoms with Crippen molar-refractivity contribution in [2.75, 3.05) is 30.0 Å². The molecule has 10 heteroatoms. The van der Waals surface area contributed by atoms with Crippen molar-refractivity contribution in [3.8, 4) is 22.8 Å². The number of aromatic amines is 1. The molecule has 3 aliphatic heterocycles. The number of hydrogen-bond donors (Lipinski definition) is 2. The number of halogens is 2. The molecule has 0 atom stereocenters. The number of aliphatic imine (C=N–C) groups is 1. The fraction of sp³-hybridized carbons (Fsp3) is 0.222. The van der Waals surface area contributed by atoms with Crippen LogP contribution in [0.1, 0.15) is 0 Å². The number of aromatic nitrogens is 2. The largest absolute Gasteiger partial charge is 0.490 e. The van der Waals surface area contributed by atoms with Crippen LogP contribution in [0.3, 0.4) is 0 Å². The van der Waals surface area contributed by atoms with Crippen LogP contribution in [0.5, 0.6) is 11.5 Å². The van der Waals surface area contributed by atoms with Gasteiger partial charge in [-0.25, -0.2) is 10.0 Å². The highest BCUT2D eigenvalue weighted by Crippen LogP contribution is 2.43. The number of alkyl halides is 2. The van der Waals surface area contributed by atoms with Crippen molar-refractivity contribution < 1.29 is 18.3 Å².